The highest BCUT2D eigenvalue weighted by Gasteiger charge is 2.34. The Morgan fingerprint density at radius 1 is 1.00 bits per heavy atom. The van der Waals surface area contributed by atoms with Crippen LogP contribution in [0.2, 0.25) is 0 Å². The lowest BCUT2D eigenvalue weighted by Gasteiger charge is -2.35. The number of hydrogen-bond acceptors (Lipinski definition) is 3. The van der Waals surface area contributed by atoms with Gasteiger partial charge in [-0.05, 0) is 50.5 Å². The Balaban J connectivity index is 1.52. The third kappa shape index (κ3) is 5.07. The van der Waals surface area contributed by atoms with Gasteiger partial charge in [0.15, 0.2) is 0 Å². The Bertz CT molecular complexity index is 684. The van der Waals surface area contributed by atoms with E-state index in [1.165, 1.54) is 12.0 Å². The minimum Gasteiger partial charge on any atom is -0.342 e. The number of aryl methyl sites for hydroxylation is 1. The van der Waals surface area contributed by atoms with Crippen LogP contribution < -0.4 is 0 Å². The van der Waals surface area contributed by atoms with Gasteiger partial charge in [0.1, 0.15) is 0 Å². The molecule has 2 aliphatic rings. The smallest absolute Gasteiger partial charge is 0.227 e. The predicted molar refractivity (Wildman–Crippen MR) is 103 cm³/mol. The molecule has 5 nitrogen and oxygen atoms in total. The van der Waals surface area contributed by atoms with E-state index in [0.29, 0.717) is 19.5 Å². The van der Waals surface area contributed by atoms with Crippen molar-refractivity contribution in [1.29, 1.82) is 0 Å². The summed E-state index contributed by atoms with van der Waals surface area (Å²) in [5, 5.41) is 0. The van der Waals surface area contributed by atoms with Crippen LogP contribution in [0.25, 0.3) is 0 Å². The van der Waals surface area contributed by atoms with Gasteiger partial charge in [-0.2, -0.15) is 0 Å². The molecular weight excluding hydrogens is 348 g/mol. The Labute approximate surface area is 157 Å². The third-order valence-electron chi connectivity index (χ3n) is 5.51. The Kier molecular flexibility index (Phi) is 6.70. The topological polar surface area (TPSA) is 57.7 Å². The minimum atomic E-state index is -3.29. The number of benzene rings is 1. The largest absolute Gasteiger partial charge is 0.342 e. The summed E-state index contributed by atoms with van der Waals surface area (Å²) in [6, 6.07) is 9.98. The van der Waals surface area contributed by atoms with Crippen LogP contribution in [0, 0.1) is 5.92 Å². The monoisotopic (exact) mass is 378 g/mol. The molecule has 26 heavy (non-hydrogen) atoms. The highest BCUT2D eigenvalue weighted by atomic mass is 32.2. The summed E-state index contributed by atoms with van der Waals surface area (Å²) < 4.78 is 27.0. The van der Waals surface area contributed by atoms with Gasteiger partial charge >= 0.3 is 0 Å². The average molecular weight is 379 g/mol. The first-order valence-corrected chi connectivity index (χ1v) is 11.5. The molecule has 1 aromatic carbocycles. The molecule has 1 amide bonds. The van der Waals surface area contributed by atoms with E-state index >= 15 is 0 Å². The van der Waals surface area contributed by atoms with Crippen molar-refractivity contribution >= 4 is 15.9 Å². The third-order valence-corrected chi connectivity index (χ3v) is 7.43. The summed E-state index contributed by atoms with van der Waals surface area (Å²) in [4.78, 5) is 14.7. The first-order valence-electron chi connectivity index (χ1n) is 9.87. The fourth-order valence-electron chi connectivity index (χ4n) is 4.00. The number of hydrogen-bond donors (Lipinski definition) is 0. The van der Waals surface area contributed by atoms with E-state index in [1.807, 2.05) is 35.2 Å². The lowest BCUT2D eigenvalue weighted by atomic mass is 9.97. The highest BCUT2D eigenvalue weighted by Crippen LogP contribution is 2.23. The predicted octanol–water partition coefficient (Wildman–Crippen LogP) is 2.67. The van der Waals surface area contributed by atoms with Gasteiger partial charge < -0.3 is 4.90 Å². The molecule has 0 aromatic heterocycles. The first-order chi connectivity index (χ1) is 12.6. The Morgan fingerprint density at radius 3 is 2.46 bits per heavy atom. The van der Waals surface area contributed by atoms with E-state index < -0.39 is 10.0 Å². The van der Waals surface area contributed by atoms with Gasteiger partial charge in [-0.15, -0.1) is 0 Å². The molecule has 0 saturated carbocycles. The van der Waals surface area contributed by atoms with Crippen molar-refractivity contribution in [2.45, 2.75) is 44.9 Å². The van der Waals surface area contributed by atoms with Gasteiger partial charge in [-0.1, -0.05) is 30.3 Å². The maximum atomic E-state index is 12.7. The number of rotatable bonds is 6. The second kappa shape index (κ2) is 9.00. The van der Waals surface area contributed by atoms with Gasteiger partial charge in [0, 0.05) is 26.2 Å². The fourth-order valence-corrected chi connectivity index (χ4v) is 5.58. The molecule has 0 radical (unpaired) electrons. The molecule has 1 aromatic rings. The van der Waals surface area contributed by atoms with Crippen molar-refractivity contribution in [3.8, 4) is 0 Å². The lowest BCUT2D eigenvalue weighted by Crippen LogP contribution is -2.48. The number of piperidine rings is 2. The van der Waals surface area contributed by atoms with Crippen LogP contribution >= 0.6 is 0 Å². The van der Waals surface area contributed by atoms with Gasteiger partial charge in [0.2, 0.25) is 15.9 Å². The summed E-state index contributed by atoms with van der Waals surface area (Å²) in [6.07, 6.45) is 6.31. The molecule has 2 fully saturated rings. The second-order valence-corrected chi connectivity index (χ2v) is 9.58. The summed E-state index contributed by atoms with van der Waals surface area (Å²) in [5.41, 5.74) is 1.17. The van der Waals surface area contributed by atoms with E-state index in [2.05, 4.69) is 0 Å². The van der Waals surface area contributed by atoms with Gasteiger partial charge in [0.25, 0.3) is 0 Å². The number of nitrogens with zero attached hydrogens (tertiary/aromatic N) is 2. The van der Waals surface area contributed by atoms with Crippen LogP contribution in [0.3, 0.4) is 0 Å². The second-order valence-electron chi connectivity index (χ2n) is 7.49. The molecule has 0 spiro atoms. The summed E-state index contributed by atoms with van der Waals surface area (Å²) in [5.74, 6) is 0.159. The molecule has 2 aliphatic heterocycles. The molecule has 0 aliphatic carbocycles. The summed E-state index contributed by atoms with van der Waals surface area (Å²) in [6.45, 7) is 2.58. The standard InChI is InChI=1S/C20H30N2O3S/c23-20(21-13-5-2-6-14-21)19-12-7-15-22(17-19)26(24,25)16-8-11-18-9-3-1-4-10-18/h1,3-4,9-10,19H,2,5-8,11-17H2/t19-/m1/s1. The first kappa shape index (κ1) is 19.4. The van der Waals surface area contributed by atoms with Crippen LogP contribution in [0.5, 0.6) is 0 Å². The number of carbonyl (C=O) groups excluding carboxylic acids is 1. The van der Waals surface area contributed by atoms with Gasteiger partial charge in [-0.3, -0.25) is 4.79 Å². The van der Waals surface area contributed by atoms with Crippen molar-refractivity contribution in [3.63, 3.8) is 0 Å². The van der Waals surface area contributed by atoms with Crippen LogP contribution in [0.1, 0.15) is 44.1 Å². The molecule has 1 atom stereocenters. The fraction of sp³-hybridized carbons (Fsp3) is 0.650. The average Bonchev–Trinajstić information content (AvgIpc) is 2.69. The van der Waals surface area contributed by atoms with Crippen molar-refractivity contribution < 1.29 is 13.2 Å². The number of sulfonamides is 1. The Hall–Kier alpha value is -1.40. The van der Waals surface area contributed by atoms with Gasteiger partial charge in [0.05, 0.1) is 11.7 Å². The summed E-state index contributed by atoms with van der Waals surface area (Å²) >= 11 is 0. The molecule has 3 rings (SSSR count). The SMILES string of the molecule is O=C([C@@H]1CCCN(S(=O)(=O)CCCc2ccccc2)C1)N1CCCCC1. The van der Waals surface area contributed by atoms with E-state index in [0.717, 1.165) is 45.2 Å². The highest BCUT2D eigenvalue weighted by molar-refractivity contribution is 7.89. The van der Waals surface area contributed by atoms with Crippen molar-refractivity contribution in [2.24, 2.45) is 5.92 Å². The molecule has 0 bridgehead atoms. The van der Waals surface area contributed by atoms with Crippen LogP contribution in [0.15, 0.2) is 30.3 Å². The van der Waals surface area contributed by atoms with E-state index in [-0.39, 0.29) is 17.6 Å². The zero-order valence-corrected chi connectivity index (χ0v) is 16.3. The molecule has 0 unspecified atom stereocenters. The van der Waals surface area contributed by atoms with Crippen molar-refractivity contribution in [3.05, 3.63) is 35.9 Å². The van der Waals surface area contributed by atoms with Crippen molar-refractivity contribution in [2.75, 3.05) is 31.9 Å². The maximum Gasteiger partial charge on any atom is 0.227 e. The molecule has 144 valence electrons. The molecule has 2 heterocycles. The zero-order valence-electron chi connectivity index (χ0n) is 15.5. The number of carbonyl (C=O) groups is 1. The molecular formula is C20H30N2O3S. The van der Waals surface area contributed by atoms with E-state index in [9.17, 15) is 13.2 Å². The molecule has 6 heteroatoms. The van der Waals surface area contributed by atoms with Crippen LogP contribution in [-0.2, 0) is 21.2 Å². The quantitative estimate of drug-likeness (QED) is 0.765. The van der Waals surface area contributed by atoms with Crippen LogP contribution in [0.4, 0.5) is 0 Å². The van der Waals surface area contributed by atoms with Crippen LogP contribution in [-0.4, -0.2) is 55.5 Å². The number of amides is 1. The normalized spacial score (nSPS) is 22.3. The molecule has 0 N–H and O–H groups in total. The van der Waals surface area contributed by atoms with E-state index in [4.69, 9.17) is 0 Å². The van der Waals surface area contributed by atoms with Crippen molar-refractivity contribution in [1.82, 2.24) is 9.21 Å². The summed E-state index contributed by atoms with van der Waals surface area (Å²) in [7, 11) is -3.29. The Morgan fingerprint density at radius 2 is 1.73 bits per heavy atom. The number of likely N-dealkylation sites (tertiary alicyclic amines) is 1. The minimum absolute atomic E-state index is 0.159. The van der Waals surface area contributed by atoms with Gasteiger partial charge in [-0.25, -0.2) is 12.7 Å². The lowest BCUT2D eigenvalue weighted by molar-refractivity contribution is -0.137. The maximum absolute atomic E-state index is 12.7. The molecule has 2 saturated heterocycles. The zero-order chi connectivity index (χ0) is 18.4. The van der Waals surface area contributed by atoms with E-state index in [1.54, 1.807) is 4.31 Å².